The number of rotatable bonds is 8. The first-order valence-electron chi connectivity index (χ1n) is 10.7. The zero-order valence-electron chi connectivity index (χ0n) is 18.0. The number of amides is 2. The second-order valence-corrected chi connectivity index (χ2v) is 8.59. The van der Waals surface area contributed by atoms with Crippen LogP contribution in [-0.4, -0.2) is 46.2 Å². The van der Waals surface area contributed by atoms with Crippen LogP contribution in [0, 0.1) is 6.92 Å². The molecule has 1 aliphatic rings. The second kappa shape index (κ2) is 10.4. The highest BCUT2D eigenvalue weighted by molar-refractivity contribution is 7.07. The maximum atomic E-state index is 13.3. The molecule has 0 spiro atoms. The Morgan fingerprint density at radius 3 is 2.97 bits per heavy atom. The van der Waals surface area contributed by atoms with Crippen molar-refractivity contribution >= 4 is 23.2 Å². The first kappa shape index (κ1) is 22.0. The summed E-state index contributed by atoms with van der Waals surface area (Å²) in [6, 6.07) is 9.14. The van der Waals surface area contributed by atoms with Crippen LogP contribution in [0.15, 0.2) is 45.7 Å². The number of hydrogen-bond acceptors (Lipinski definition) is 7. The molecule has 0 bridgehead atoms. The first-order chi connectivity index (χ1) is 15.6. The summed E-state index contributed by atoms with van der Waals surface area (Å²) in [5.74, 6) is 0.220. The van der Waals surface area contributed by atoms with Gasteiger partial charge >= 0.3 is 0 Å². The van der Waals surface area contributed by atoms with Crippen LogP contribution in [0.25, 0.3) is 0 Å². The third-order valence-corrected chi connectivity index (χ3v) is 6.22. The molecule has 1 aliphatic heterocycles. The summed E-state index contributed by atoms with van der Waals surface area (Å²) in [7, 11) is 0. The van der Waals surface area contributed by atoms with Gasteiger partial charge < -0.3 is 15.0 Å². The van der Waals surface area contributed by atoms with E-state index in [2.05, 4.69) is 32.5 Å². The van der Waals surface area contributed by atoms with Crippen LogP contribution in [0.5, 0.6) is 5.75 Å². The van der Waals surface area contributed by atoms with Gasteiger partial charge in [0.25, 0.3) is 5.91 Å². The van der Waals surface area contributed by atoms with Crippen LogP contribution in [0.3, 0.4) is 0 Å². The zero-order chi connectivity index (χ0) is 22.3. The van der Waals surface area contributed by atoms with Crippen molar-refractivity contribution in [3.05, 3.63) is 63.6 Å². The van der Waals surface area contributed by atoms with E-state index in [-0.39, 0.29) is 24.1 Å². The quantitative estimate of drug-likeness (QED) is 0.560. The van der Waals surface area contributed by atoms with Gasteiger partial charge in [-0.25, -0.2) is 4.63 Å². The minimum Gasteiger partial charge on any atom is -0.493 e. The van der Waals surface area contributed by atoms with Gasteiger partial charge in [-0.1, -0.05) is 17.3 Å². The standard InChI is InChI=1S/C23H26N4O4S/c1-16-21(26-31-25-16)23(29)27(20-7-2-3-10-24-22(20)28)14-18-5-4-6-19(13-18)30-11-8-17-9-12-32-15-17/h4-6,9,12-13,15,20H,2-3,7-8,10-11,14H2,1H3,(H,24,28)/t20-/m0/s1. The van der Waals surface area contributed by atoms with Crippen LogP contribution in [0.1, 0.15) is 46.6 Å². The van der Waals surface area contributed by atoms with Crippen LogP contribution in [-0.2, 0) is 17.8 Å². The molecule has 1 aromatic carbocycles. The van der Waals surface area contributed by atoms with Gasteiger partial charge in [-0.2, -0.15) is 11.3 Å². The topological polar surface area (TPSA) is 97.6 Å². The molecule has 0 aliphatic carbocycles. The minimum atomic E-state index is -0.579. The Bertz CT molecular complexity index is 1050. The molecule has 4 rings (SSSR count). The van der Waals surface area contributed by atoms with Crippen molar-refractivity contribution in [2.45, 2.75) is 45.2 Å². The fourth-order valence-electron chi connectivity index (χ4n) is 3.76. The third-order valence-electron chi connectivity index (χ3n) is 5.49. The van der Waals surface area contributed by atoms with E-state index >= 15 is 0 Å². The minimum absolute atomic E-state index is 0.130. The number of ether oxygens (including phenoxy) is 1. The molecule has 2 amide bonds. The average molecular weight is 455 g/mol. The lowest BCUT2D eigenvalue weighted by molar-refractivity contribution is -0.125. The predicted octanol–water partition coefficient (Wildman–Crippen LogP) is 3.37. The number of hydrogen-bond donors (Lipinski definition) is 1. The Labute approximate surface area is 190 Å². The highest BCUT2D eigenvalue weighted by atomic mass is 32.1. The molecule has 1 atom stereocenters. The lowest BCUT2D eigenvalue weighted by Gasteiger charge is -2.29. The molecular weight excluding hydrogens is 428 g/mol. The monoisotopic (exact) mass is 454 g/mol. The molecule has 0 unspecified atom stereocenters. The van der Waals surface area contributed by atoms with Crippen LogP contribution >= 0.6 is 11.3 Å². The van der Waals surface area contributed by atoms with Crippen molar-refractivity contribution in [3.63, 3.8) is 0 Å². The molecule has 32 heavy (non-hydrogen) atoms. The Balaban J connectivity index is 1.51. The predicted molar refractivity (Wildman–Crippen MR) is 120 cm³/mol. The summed E-state index contributed by atoms with van der Waals surface area (Å²) in [5, 5.41) is 14.6. The Morgan fingerprint density at radius 1 is 1.28 bits per heavy atom. The molecule has 1 fully saturated rings. The molecule has 168 valence electrons. The smallest absolute Gasteiger partial charge is 0.279 e. The molecule has 3 heterocycles. The summed E-state index contributed by atoms with van der Waals surface area (Å²) in [6.45, 7) is 3.11. The Kier molecular flexibility index (Phi) is 7.16. The molecule has 2 aromatic heterocycles. The summed E-state index contributed by atoms with van der Waals surface area (Å²) >= 11 is 1.67. The number of aryl methyl sites for hydroxylation is 1. The summed E-state index contributed by atoms with van der Waals surface area (Å²) in [5.41, 5.74) is 2.65. The number of carbonyl (C=O) groups excluding carboxylic acids is 2. The van der Waals surface area contributed by atoms with E-state index in [0.717, 1.165) is 30.6 Å². The van der Waals surface area contributed by atoms with Crippen LogP contribution in [0.4, 0.5) is 0 Å². The molecule has 0 radical (unpaired) electrons. The van der Waals surface area contributed by atoms with Gasteiger partial charge in [0.1, 0.15) is 17.5 Å². The summed E-state index contributed by atoms with van der Waals surface area (Å²) < 4.78 is 10.7. The molecule has 1 saturated heterocycles. The van der Waals surface area contributed by atoms with Crippen molar-refractivity contribution < 1.29 is 19.0 Å². The number of benzene rings is 1. The van der Waals surface area contributed by atoms with E-state index in [4.69, 9.17) is 9.37 Å². The highest BCUT2D eigenvalue weighted by Crippen LogP contribution is 2.22. The van der Waals surface area contributed by atoms with Gasteiger partial charge in [0, 0.05) is 19.5 Å². The molecular formula is C23H26N4O4S. The fraction of sp³-hybridized carbons (Fsp3) is 0.391. The van der Waals surface area contributed by atoms with Gasteiger partial charge in [0.2, 0.25) is 5.91 Å². The first-order valence-corrected chi connectivity index (χ1v) is 11.7. The van der Waals surface area contributed by atoms with Gasteiger partial charge in [-0.15, -0.1) is 0 Å². The average Bonchev–Trinajstić information content (AvgIpc) is 3.41. The Hall–Kier alpha value is -3.20. The number of nitrogens with zero attached hydrogens (tertiary/aromatic N) is 3. The molecule has 9 heteroatoms. The van der Waals surface area contributed by atoms with Crippen LogP contribution < -0.4 is 10.1 Å². The maximum Gasteiger partial charge on any atom is 0.279 e. The third kappa shape index (κ3) is 5.34. The van der Waals surface area contributed by atoms with Gasteiger partial charge in [-0.3, -0.25) is 9.59 Å². The number of nitrogens with one attached hydrogen (secondary N) is 1. The molecule has 8 nitrogen and oxygen atoms in total. The highest BCUT2D eigenvalue weighted by Gasteiger charge is 2.33. The molecule has 3 aromatic rings. The van der Waals surface area contributed by atoms with Gasteiger partial charge in [-0.05, 0) is 71.4 Å². The Morgan fingerprint density at radius 2 is 2.19 bits per heavy atom. The SMILES string of the molecule is Cc1nonc1C(=O)N(Cc1cccc(OCCc2ccsc2)c1)[C@H]1CCCCNC1=O. The maximum absolute atomic E-state index is 13.3. The summed E-state index contributed by atoms with van der Waals surface area (Å²) in [4.78, 5) is 27.6. The van der Waals surface area contributed by atoms with E-state index in [1.54, 1.807) is 23.2 Å². The van der Waals surface area contributed by atoms with E-state index in [0.29, 0.717) is 25.3 Å². The number of carbonyl (C=O) groups is 2. The van der Waals surface area contributed by atoms with Gasteiger partial charge in [0.15, 0.2) is 5.69 Å². The second-order valence-electron chi connectivity index (χ2n) is 7.81. The lowest BCUT2D eigenvalue weighted by Crippen LogP contribution is -2.48. The molecule has 1 N–H and O–H groups in total. The largest absolute Gasteiger partial charge is 0.493 e. The van der Waals surface area contributed by atoms with Crippen molar-refractivity contribution in [3.8, 4) is 5.75 Å². The van der Waals surface area contributed by atoms with E-state index in [1.165, 1.54) is 5.56 Å². The van der Waals surface area contributed by atoms with Crippen molar-refractivity contribution in [1.82, 2.24) is 20.5 Å². The van der Waals surface area contributed by atoms with Crippen molar-refractivity contribution in [1.29, 1.82) is 0 Å². The van der Waals surface area contributed by atoms with Gasteiger partial charge in [0.05, 0.1) is 6.61 Å². The zero-order valence-corrected chi connectivity index (χ0v) is 18.8. The fourth-order valence-corrected chi connectivity index (χ4v) is 4.46. The number of aromatic nitrogens is 2. The van der Waals surface area contributed by atoms with Crippen molar-refractivity contribution in [2.75, 3.05) is 13.2 Å². The van der Waals surface area contributed by atoms with E-state index in [1.807, 2.05) is 24.3 Å². The van der Waals surface area contributed by atoms with E-state index in [9.17, 15) is 9.59 Å². The lowest BCUT2D eigenvalue weighted by atomic mass is 10.1. The number of thiophene rings is 1. The molecule has 0 saturated carbocycles. The summed E-state index contributed by atoms with van der Waals surface area (Å²) in [6.07, 6.45) is 3.18. The normalized spacial score (nSPS) is 16.3. The van der Waals surface area contributed by atoms with E-state index < -0.39 is 6.04 Å². The van der Waals surface area contributed by atoms with Crippen molar-refractivity contribution in [2.24, 2.45) is 0 Å². The van der Waals surface area contributed by atoms with Crippen LogP contribution in [0.2, 0.25) is 0 Å².